The van der Waals surface area contributed by atoms with Gasteiger partial charge in [-0.05, 0) is 42.7 Å². The molecule has 0 saturated heterocycles. The molecule has 2 heteroatoms. The molecule has 98 valence electrons. The van der Waals surface area contributed by atoms with Gasteiger partial charge in [0.2, 0.25) is 0 Å². The van der Waals surface area contributed by atoms with Gasteiger partial charge in [-0.25, -0.2) is 0 Å². The molecule has 0 spiro atoms. The van der Waals surface area contributed by atoms with Crippen molar-refractivity contribution >= 4 is 5.78 Å². The fraction of sp³-hybridized carbons (Fsp3) is 0.438. The van der Waals surface area contributed by atoms with E-state index >= 15 is 0 Å². The molecule has 1 aromatic carbocycles. The molecule has 0 aromatic heterocycles. The van der Waals surface area contributed by atoms with Gasteiger partial charge in [0, 0.05) is 5.56 Å². The quantitative estimate of drug-likeness (QED) is 0.526. The number of allylic oxidation sites excluding steroid dienone is 2. The van der Waals surface area contributed by atoms with Crippen molar-refractivity contribution in [2.75, 3.05) is 7.11 Å². The van der Waals surface area contributed by atoms with Crippen LogP contribution in [0.5, 0.6) is 5.75 Å². The van der Waals surface area contributed by atoms with Gasteiger partial charge >= 0.3 is 0 Å². The lowest BCUT2D eigenvalue weighted by Gasteiger charge is -2.06. The molecule has 0 heterocycles. The van der Waals surface area contributed by atoms with Crippen LogP contribution in [0, 0.1) is 0 Å². The van der Waals surface area contributed by atoms with Gasteiger partial charge in [-0.3, -0.25) is 4.79 Å². The van der Waals surface area contributed by atoms with E-state index in [1.165, 1.54) is 0 Å². The van der Waals surface area contributed by atoms with Crippen LogP contribution in [0.4, 0.5) is 0 Å². The highest BCUT2D eigenvalue weighted by molar-refractivity contribution is 6.08. The molecule has 0 saturated carbocycles. The molecule has 0 aliphatic heterocycles. The molecule has 0 amide bonds. The van der Waals surface area contributed by atoms with Crippen LogP contribution in [0.1, 0.15) is 49.9 Å². The summed E-state index contributed by atoms with van der Waals surface area (Å²) < 4.78 is 5.10. The highest BCUT2D eigenvalue weighted by atomic mass is 16.5. The highest BCUT2D eigenvalue weighted by Crippen LogP contribution is 2.18. The van der Waals surface area contributed by atoms with E-state index in [0.29, 0.717) is 0 Å². The molecule has 0 bridgehead atoms. The molecule has 0 aliphatic rings. The van der Waals surface area contributed by atoms with Crippen molar-refractivity contribution in [3.8, 4) is 5.75 Å². The van der Waals surface area contributed by atoms with Crippen LogP contribution >= 0.6 is 0 Å². The molecule has 1 aromatic rings. The molecule has 2 nitrogen and oxygen atoms in total. The topological polar surface area (TPSA) is 26.3 Å². The van der Waals surface area contributed by atoms with Crippen LogP contribution in [0.25, 0.3) is 0 Å². The van der Waals surface area contributed by atoms with Crippen LogP contribution in [0.2, 0.25) is 0 Å². The summed E-state index contributed by atoms with van der Waals surface area (Å²) >= 11 is 0. The maximum atomic E-state index is 12.3. The minimum Gasteiger partial charge on any atom is -0.497 e. The maximum Gasteiger partial charge on any atom is 0.188 e. The maximum absolute atomic E-state index is 12.3. The third-order valence-corrected chi connectivity index (χ3v) is 2.84. The molecule has 0 radical (unpaired) electrons. The Bertz CT molecular complexity index is 402. The number of methoxy groups -OCH3 is 1. The molecule has 0 aliphatic carbocycles. The number of ether oxygens (including phenoxy) is 1. The van der Waals surface area contributed by atoms with E-state index in [0.717, 1.165) is 42.6 Å². The monoisotopic (exact) mass is 246 g/mol. The summed E-state index contributed by atoms with van der Waals surface area (Å²) in [5.41, 5.74) is 1.68. The van der Waals surface area contributed by atoms with Gasteiger partial charge in [-0.2, -0.15) is 0 Å². The van der Waals surface area contributed by atoms with Crippen molar-refractivity contribution in [3.63, 3.8) is 0 Å². The molecular formula is C16H22O2. The Morgan fingerprint density at radius 1 is 1.17 bits per heavy atom. The van der Waals surface area contributed by atoms with Gasteiger partial charge < -0.3 is 4.74 Å². The summed E-state index contributed by atoms with van der Waals surface area (Å²) in [7, 11) is 1.63. The fourth-order valence-electron chi connectivity index (χ4n) is 1.82. The number of carbonyl (C=O) groups is 1. The van der Waals surface area contributed by atoms with E-state index in [2.05, 4.69) is 19.9 Å². The van der Waals surface area contributed by atoms with E-state index in [-0.39, 0.29) is 5.78 Å². The summed E-state index contributed by atoms with van der Waals surface area (Å²) in [6.07, 6.45) is 5.97. The van der Waals surface area contributed by atoms with E-state index in [4.69, 9.17) is 4.74 Å². The van der Waals surface area contributed by atoms with Crippen molar-refractivity contribution in [2.24, 2.45) is 0 Å². The Labute approximate surface area is 110 Å². The minimum atomic E-state index is 0.146. The van der Waals surface area contributed by atoms with Crippen molar-refractivity contribution in [3.05, 3.63) is 41.5 Å². The zero-order valence-corrected chi connectivity index (χ0v) is 11.5. The average molecular weight is 246 g/mol. The van der Waals surface area contributed by atoms with E-state index in [1.807, 2.05) is 24.3 Å². The molecule has 0 fully saturated rings. The zero-order chi connectivity index (χ0) is 13.4. The predicted octanol–water partition coefficient (Wildman–Crippen LogP) is 4.40. The zero-order valence-electron chi connectivity index (χ0n) is 11.5. The van der Waals surface area contributed by atoms with Crippen molar-refractivity contribution in [2.45, 2.75) is 39.5 Å². The SMILES string of the molecule is CCC/C=C(\CCC)C(=O)c1ccc(OC)cc1. The predicted molar refractivity (Wildman–Crippen MR) is 75.2 cm³/mol. The number of hydrogen-bond acceptors (Lipinski definition) is 2. The second-order valence-electron chi connectivity index (χ2n) is 4.33. The number of Topliss-reactive ketones (excluding diaryl/α,β-unsaturated/α-hetero) is 1. The fourth-order valence-corrected chi connectivity index (χ4v) is 1.82. The highest BCUT2D eigenvalue weighted by Gasteiger charge is 2.11. The first kappa shape index (κ1) is 14.5. The van der Waals surface area contributed by atoms with Crippen LogP contribution in [-0.4, -0.2) is 12.9 Å². The Balaban J connectivity index is 2.87. The first-order valence-electron chi connectivity index (χ1n) is 6.60. The third-order valence-electron chi connectivity index (χ3n) is 2.84. The van der Waals surface area contributed by atoms with E-state index in [1.54, 1.807) is 7.11 Å². The van der Waals surface area contributed by atoms with Crippen LogP contribution in [0.3, 0.4) is 0 Å². The summed E-state index contributed by atoms with van der Waals surface area (Å²) in [4.78, 5) is 12.3. The molecular weight excluding hydrogens is 224 g/mol. The first-order chi connectivity index (χ1) is 8.72. The third kappa shape index (κ3) is 4.02. The van der Waals surface area contributed by atoms with Gasteiger partial charge in [0.1, 0.15) is 5.75 Å². The van der Waals surface area contributed by atoms with Crippen LogP contribution in [-0.2, 0) is 0 Å². The smallest absolute Gasteiger partial charge is 0.188 e. The van der Waals surface area contributed by atoms with Crippen molar-refractivity contribution in [1.82, 2.24) is 0 Å². The molecule has 1 rings (SSSR count). The number of ketones is 1. The normalized spacial score (nSPS) is 11.4. The first-order valence-corrected chi connectivity index (χ1v) is 6.60. The standard InChI is InChI=1S/C16H22O2/c1-4-6-8-13(7-5-2)16(17)14-9-11-15(18-3)12-10-14/h8-12H,4-7H2,1-3H3/b13-8+. The van der Waals surface area contributed by atoms with Crippen LogP contribution < -0.4 is 4.74 Å². The average Bonchev–Trinajstić information content (AvgIpc) is 2.43. The van der Waals surface area contributed by atoms with Crippen molar-refractivity contribution < 1.29 is 9.53 Å². The van der Waals surface area contributed by atoms with E-state index in [9.17, 15) is 4.79 Å². The Morgan fingerprint density at radius 2 is 1.83 bits per heavy atom. The summed E-state index contributed by atoms with van der Waals surface area (Å²) in [5.74, 6) is 0.925. The van der Waals surface area contributed by atoms with E-state index < -0.39 is 0 Å². The largest absolute Gasteiger partial charge is 0.497 e. The summed E-state index contributed by atoms with van der Waals surface area (Å²) in [6, 6.07) is 7.32. The van der Waals surface area contributed by atoms with Gasteiger partial charge in [0.15, 0.2) is 5.78 Å². The summed E-state index contributed by atoms with van der Waals surface area (Å²) in [5, 5.41) is 0. The second-order valence-corrected chi connectivity index (χ2v) is 4.33. The number of carbonyl (C=O) groups excluding carboxylic acids is 1. The van der Waals surface area contributed by atoms with Gasteiger partial charge in [-0.1, -0.05) is 32.8 Å². The summed E-state index contributed by atoms with van der Waals surface area (Å²) in [6.45, 7) is 4.22. The lowest BCUT2D eigenvalue weighted by molar-refractivity contribution is 0.103. The Kier molecular flexibility index (Phi) is 6.20. The molecule has 0 N–H and O–H groups in total. The van der Waals surface area contributed by atoms with Gasteiger partial charge in [0.05, 0.1) is 7.11 Å². The number of benzene rings is 1. The minimum absolute atomic E-state index is 0.146. The molecule has 0 unspecified atom stereocenters. The lowest BCUT2D eigenvalue weighted by Crippen LogP contribution is -2.03. The lowest BCUT2D eigenvalue weighted by atomic mass is 9.98. The Hall–Kier alpha value is -1.57. The van der Waals surface area contributed by atoms with Crippen LogP contribution in [0.15, 0.2) is 35.9 Å². The molecule has 0 atom stereocenters. The van der Waals surface area contributed by atoms with Crippen molar-refractivity contribution in [1.29, 1.82) is 0 Å². The number of rotatable bonds is 7. The number of unbranched alkanes of at least 4 members (excludes halogenated alkanes) is 1. The van der Waals surface area contributed by atoms with Gasteiger partial charge in [-0.15, -0.1) is 0 Å². The Morgan fingerprint density at radius 3 is 2.33 bits per heavy atom. The number of hydrogen-bond donors (Lipinski definition) is 0. The molecule has 18 heavy (non-hydrogen) atoms. The second kappa shape index (κ2) is 7.70. The van der Waals surface area contributed by atoms with Gasteiger partial charge in [0.25, 0.3) is 0 Å².